The molecule has 0 saturated carbocycles. The minimum absolute atomic E-state index is 0.454. The summed E-state index contributed by atoms with van der Waals surface area (Å²) in [6.45, 7) is 0. The molecule has 0 bridgehead atoms. The van der Waals surface area contributed by atoms with Crippen molar-refractivity contribution in [2.45, 2.75) is 12.3 Å². The molecular weight excluding hydrogens is 593 g/mol. The van der Waals surface area contributed by atoms with E-state index >= 15 is 0 Å². The Morgan fingerprint density at radius 1 is 1.05 bits per heavy atom. The van der Waals surface area contributed by atoms with Gasteiger partial charge in [0, 0.05) is 22.6 Å². The van der Waals surface area contributed by atoms with Crippen LogP contribution in [0.3, 0.4) is 0 Å². The Morgan fingerprint density at radius 3 is 2.10 bits per heavy atom. The molecule has 104 valence electrons. The molecule has 2 aromatic rings. The summed E-state index contributed by atoms with van der Waals surface area (Å²) in [7, 11) is 0. The van der Waals surface area contributed by atoms with E-state index in [1.54, 1.807) is 0 Å². The predicted molar refractivity (Wildman–Crippen MR) is 102 cm³/mol. The Hall–Kier alpha value is 0.100. The first-order valence-electron chi connectivity index (χ1n) is 5.88. The van der Waals surface area contributed by atoms with E-state index in [-0.39, 0.29) is 0 Å². The number of carboxylic acids is 1. The Morgan fingerprint density at radius 2 is 1.60 bits per heavy atom. The summed E-state index contributed by atoms with van der Waals surface area (Å²) in [6.07, 6.45) is 0.454. The first-order valence-corrected chi connectivity index (χ1v) is 9.12. The number of carbonyl (C=O) groups is 1. The van der Waals surface area contributed by atoms with Crippen LogP contribution in [-0.2, 0) is 11.2 Å². The van der Waals surface area contributed by atoms with Crippen LogP contribution in [0.25, 0.3) is 0 Å². The molecule has 0 aliphatic carbocycles. The van der Waals surface area contributed by atoms with Crippen molar-refractivity contribution in [3.63, 3.8) is 0 Å². The van der Waals surface area contributed by atoms with Gasteiger partial charge in [-0.25, -0.2) is 0 Å². The largest absolute Gasteiger partial charge is 0.549 e. The number of hydrogen-bond donors (Lipinski definition) is 0. The van der Waals surface area contributed by atoms with Crippen molar-refractivity contribution in [1.82, 2.24) is 0 Å². The van der Waals surface area contributed by atoms with Gasteiger partial charge in [-0.3, -0.25) is 0 Å². The van der Waals surface area contributed by atoms with Gasteiger partial charge in [0.1, 0.15) is 0 Å². The summed E-state index contributed by atoms with van der Waals surface area (Å²) in [5, 5.41) is 11.6. The minimum Gasteiger partial charge on any atom is -0.549 e. The number of rotatable bonds is 4. The quantitative estimate of drug-likeness (QED) is 0.502. The minimum atomic E-state index is -1.02. The second kappa shape index (κ2) is 7.39. The van der Waals surface area contributed by atoms with Crippen LogP contribution in [0.1, 0.15) is 17.0 Å². The molecule has 0 heterocycles. The average Bonchev–Trinajstić information content (AvgIpc) is 2.37. The van der Waals surface area contributed by atoms with Crippen molar-refractivity contribution in [2.24, 2.45) is 0 Å². The first-order chi connectivity index (χ1) is 9.49. The third-order valence-electron chi connectivity index (χ3n) is 2.96. The van der Waals surface area contributed by atoms with Gasteiger partial charge in [-0.2, -0.15) is 0 Å². The number of benzene rings is 2. The van der Waals surface area contributed by atoms with Crippen LogP contribution in [-0.4, -0.2) is 5.97 Å². The highest BCUT2D eigenvalue weighted by molar-refractivity contribution is 14.1. The van der Waals surface area contributed by atoms with Crippen LogP contribution < -0.4 is 5.11 Å². The number of aliphatic carboxylic acids is 1. The van der Waals surface area contributed by atoms with Crippen molar-refractivity contribution >= 4 is 73.7 Å². The van der Waals surface area contributed by atoms with Crippen LogP contribution in [0, 0.1) is 10.7 Å². The molecule has 1 atom stereocenters. The molecule has 0 N–H and O–H groups in total. The maximum absolute atomic E-state index is 11.6. The third-order valence-corrected chi connectivity index (χ3v) is 5.37. The molecule has 2 rings (SSSR count). The smallest absolute Gasteiger partial charge is 0.0493 e. The lowest BCUT2D eigenvalue weighted by atomic mass is 9.92. The molecule has 0 aliphatic rings. The van der Waals surface area contributed by atoms with Gasteiger partial charge in [-0.15, -0.1) is 0 Å². The van der Waals surface area contributed by atoms with Gasteiger partial charge in [0.2, 0.25) is 0 Å². The van der Waals surface area contributed by atoms with E-state index in [1.807, 2.05) is 42.5 Å². The molecule has 0 radical (unpaired) electrons. The zero-order valence-corrected chi connectivity index (χ0v) is 16.7. The molecule has 2 aromatic carbocycles. The van der Waals surface area contributed by atoms with E-state index in [2.05, 4.69) is 67.8 Å². The van der Waals surface area contributed by atoms with E-state index in [9.17, 15) is 9.90 Å². The van der Waals surface area contributed by atoms with Crippen molar-refractivity contribution in [3.05, 3.63) is 64.3 Å². The fraction of sp³-hybridized carbons (Fsp3) is 0.133. The van der Waals surface area contributed by atoms with Crippen LogP contribution in [0.2, 0.25) is 0 Å². The van der Waals surface area contributed by atoms with Gasteiger partial charge < -0.3 is 9.90 Å². The Kier molecular flexibility index (Phi) is 6.09. The first kappa shape index (κ1) is 16.5. The highest BCUT2D eigenvalue weighted by Gasteiger charge is 2.20. The number of carboxylic acid groups (broad SMARTS) is 1. The van der Waals surface area contributed by atoms with E-state index in [0.717, 1.165) is 21.8 Å². The van der Waals surface area contributed by atoms with Crippen LogP contribution in [0.15, 0.2) is 42.5 Å². The van der Waals surface area contributed by atoms with E-state index in [4.69, 9.17) is 0 Å². The molecule has 0 fully saturated rings. The fourth-order valence-corrected chi connectivity index (χ4v) is 6.37. The summed E-state index contributed by atoms with van der Waals surface area (Å²) < 4.78 is 3.06. The molecule has 0 spiro atoms. The highest BCUT2D eigenvalue weighted by atomic mass is 127. The summed E-state index contributed by atoms with van der Waals surface area (Å²) in [5.41, 5.74) is 1.86. The molecule has 20 heavy (non-hydrogen) atoms. The van der Waals surface area contributed by atoms with Crippen LogP contribution in [0.5, 0.6) is 0 Å². The average molecular weight is 603 g/mol. The fourth-order valence-electron chi connectivity index (χ4n) is 2.04. The van der Waals surface area contributed by atoms with Crippen molar-refractivity contribution in [1.29, 1.82) is 0 Å². The second-order valence-corrected chi connectivity index (χ2v) is 7.91. The molecule has 0 saturated heterocycles. The summed E-state index contributed by atoms with van der Waals surface area (Å²) in [5.74, 6) is -1.64. The second-order valence-electron chi connectivity index (χ2n) is 4.34. The van der Waals surface area contributed by atoms with Gasteiger partial charge in [0.15, 0.2) is 0 Å². The SMILES string of the molecule is O=C([O-])C(Cc1ccccc1)c1c(I)cc(I)cc1I. The number of carbonyl (C=O) groups excluding carboxylic acids is 1. The molecular formula is C15H10I3O2-. The molecule has 0 aliphatic heterocycles. The van der Waals surface area contributed by atoms with E-state index in [1.165, 1.54) is 0 Å². The summed E-state index contributed by atoms with van der Waals surface area (Å²) in [4.78, 5) is 11.6. The van der Waals surface area contributed by atoms with Crippen LogP contribution >= 0.6 is 67.8 Å². The van der Waals surface area contributed by atoms with Gasteiger partial charge in [0.05, 0.1) is 0 Å². The maximum Gasteiger partial charge on any atom is 0.0493 e. The molecule has 2 nitrogen and oxygen atoms in total. The summed E-state index contributed by atoms with van der Waals surface area (Å²) in [6, 6.07) is 13.7. The van der Waals surface area contributed by atoms with Gasteiger partial charge in [-0.05, 0) is 97.5 Å². The molecule has 0 aromatic heterocycles. The van der Waals surface area contributed by atoms with Gasteiger partial charge in [-0.1, -0.05) is 30.3 Å². The van der Waals surface area contributed by atoms with Gasteiger partial charge in [0.25, 0.3) is 0 Å². The van der Waals surface area contributed by atoms with Crippen LogP contribution in [0.4, 0.5) is 0 Å². The highest BCUT2D eigenvalue weighted by Crippen LogP contribution is 2.31. The van der Waals surface area contributed by atoms with Gasteiger partial charge >= 0.3 is 0 Å². The number of hydrogen-bond acceptors (Lipinski definition) is 2. The zero-order valence-electron chi connectivity index (χ0n) is 10.3. The van der Waals surface area contributed by atoms with Crippen molar-refractivity contribution < 1.29 is 9.90 Å². The maximum atomic E-state index is 11.6. The predicted octanol–water partition coefficient (Wildman–Crippen LogP) is 3.58. The number of halogens is 3. The van der Waals surface area contributed by atoms with E-state index < -0.39 is 11.9 Å². The topological polar surface area (TPSA) is 40.1 Å². The monoisotopic (exact) mass is 603 g/mol. The zero-order chi connectivity index (χ0) is 14.7. The van der Waals surface area contributed by atoms with Crippen molar-refractivity contribution in [2.75, 3.05) is 0 Å². The standard InChI is InChI=1S/C15H11I3O2/c16-10-7-12(17)14(13(18)8-10)11(15(19)20)6-9-4-2-1-3-5-9/h1-5,7-8,11H,6H2,(H,19,20)/p-1. The lowest BCUT2D eigenvalue weighted by Gasteiger charge is -2.22. The molecule has 1 unspecified atom stereocenters. The third kappa shape index (κ3) is 4.06. The van der Waals surface area contributed by atoms with E-state index in [0.29, 0.717) is 6.42 Å². The molecule has 0 amide bonds. The van der Waals surface area contributed by atoms with Crippen molar-refractivity contribution in [3.8, 4) is 0 Å². The Balaban J connectivity index is 2.42. The molecule has 5 heteroatoms. The Labute approximate surface area is 158 Å². The normalized spacial score (nSPS) is 12.2. The summed E-state index contributed by atoms with van der Waals surface area (Å²) >= 11 is 6.64. The lowest BCUT2D eigenvalue weighted by Crippen LogP contribution is -2.32. The Bertz CT molecular complexity index is 603. The lowest BCUT2D eigenvalue weighted by molar-refractivity contribution is -0.308.